The van der Waals surface area contributed by atoms with Crippen LogP contribution in [0.4, 0.5) is 13.2 Å². The van der Waals surface area contributed by atoms with Crippen LogP contribution in [0.15, 0.2) is 30.8 Å². The van der Waals surface area contributed by atoms with Crippen molar-refractivity contribution < 1.29 is 32.5 Å². The van der Waals surface area contributed by atoms with E-state index in [0.29, 0.717) is 11.3 Å². The summed E-state index contributed by atoms with van der Waals surface area (Å²) in [6, 6.07) is 6.12. The number of aliphatic hydroxyl groups is 1. The second-order valence-electron chi connectivity index (χ2n) is 4.36. The van der Waals surface area contributed by atoms with Crippen LogP contribution in [-0.4, -0.2) is 37.1 Å². The van der Waals surface area contributed by atoms with Crippen LogP contribution in [0, 0.1) is 0 Å². The molecule has 0 amide bonds. The molecule has 0 aliphatic carbocycles. The van der Waals surface area contributed by atoms with Gasteiger partial charge in [-0.1, -0.05) is 18.7 Å². The average Bonchev–Trinajstić information content (AvgIpc) is 2.44. The fourth-order valence-corrected chi connectivity index (χ4v) is 1.71. The Bertz CT molecular complexity index is 539. The number of rotatable bonds is 5. The van der Waals surface area contributed by atoms with Crippen molar-refractivity contribution in [2.24, 2.45) is 0 Å². The molecule has 0 aliphatic heterocycles. The molecular formula is C14H15F3O4. The molecule has 0 bridgehead atoms. The summed E-state index contributed by atoms with van der Waals surface area (Å²) in [5.74, 6) is -1.36. The van der Waals surface area contributed by atoms with Gasteiger partial charge in [0.25, 0.3) is 5.60 Å². The molecule has 0 aliphatic rings. The molecule has 116 valence electrons. The number of alkyl halides is 3. The minimum absolute atomic E-state index is 0.0703. The second-order valence-corrected chi connectivity index (χ2v) is 4.36. The lowest BCUT2D eigenvalue weighted by atomic mass is 9.91. The van der Waals surface area contributed by atoms with E-state index in [4.69, 9.17) is 4.74 Å². The van der Waals surface area contributed by atoms with Crippen molar-refractivity contribution in [2.45, 2.75) is 18.2 Å². The third kappa shape index (κ3) is 3.55. The zero-order valence-corrected chi connectivity index (χ0v) is 11.5. The summed E-state index contributed by atoms with van der Waals surface area (Å²) in [4.78, 5) is 11.3. The van der Waals surface area contributed by atoms with E-state index in [1.165, 1.54) is 19.2 Å². The van der Waals surface area contributed by atoms with Gasteiger partial charge in [0.2, 0.25) is 0 Å². The molecule has 4 nitrogen and oxygen atoms in total. The van der Waals surface area contributed by atoms with Gasteiger partial charge in [0.1, 0.15) is 5.75 Å². The first-order valence-electron chi connectivity index (χ1n) is 5.85. The highest BCUT2D eigenvalue weighted by Crippen LogP contribution is 2.38. The molecule has 0 fully saturated rings. The Balaban J connectivity index is 3.09. The topological polar surface area (TPSA) is 55.8 Å². The smallest absolute Gasteiger partial charge is 0.428 e. The lowest BCUT2D eigenvalue weighted by molar-refractivity contribution is -0.259. The number of halogens is 3. The first-order valence-corrected chi connectivity index (χ1v) is 5.85. The lowest BCUT2D eigenvalue weighted by Gasteiger charge is -2.28. The first-order chi connectivity index (χ1) is 9.65. The Morgan fingerprint density at radius 3 is 2.43 bits per heavy atom. The summed E-state index contributed by atoms with van der Waals surface area (Å²) < 4.78 is 47.8. The van der Waals surface area contributed by atoms with Crippen molar-refractivity contribution >= 4 is 11.5 Å². The highest BCUT2D eigenvalue weighted by molar-refractivity contribution is 5.83. The van der Waals surface area contributed by atoms with E-state index >= 15 is 0 Å². The van der Waals surface area contributed by atoms with E-state index in [2.05, 4.69) is 11.3 Å². The van der Waals surface area contributed by atoms with Crippen molar-refractivity contribution in [3.05, 3.63) is 36.4 Å². The number of carbonyl (C=O) groups is 1. The monoisotopic (exact) mass is 304 g/mol. The van der Waals surface area contributed by atoms with E-state index in [-0.39, 0.29) is 5.57 Å². The number of methoxy groups -OCH3 is 2. The predicted octanol–water partition coefficient (Wildman–Crippen LogP) is 2.56. The van der Waals surface area contributed by atoms with Gasteiger partial charge in [-0.15, -0.1) is 0 Å². The zero-order valence-electron chi connectivity index (χ0n) is 11.5. The van der Waals surface area contributed by atoms with Gasteiger partial charge < -0.3 is 14.6 Å². The molecule has 0 unspecified atom stereocenters. The minimum Gasteiger partial charge on any atom is -0.497 e. The summed E-state index contributed by atoms with van der Waals surface area (Å²) in [5, 5.41) is 9.68. The molecule has 0 radical (unpaired) electrons. The summed E-state index contributed by atoms with van der Waals surface area (Å²) >= 11 is 0. The van der Waals surface area contributed by atoms with Gasteiger partial charge in [-0.3, -0.25) is 0 Å². The number of hydrogen-bond donors (Lipinski definition) is 1. The van der Waals surface area contributed by atoms with Crippen LogP contribution in [0.25, 0.3) is 5.57 Å². The molecular weight excluding hydrogens is 289 g/mol. The summed E-state index contributed by atoms with van der Waals surface area (Å²) in [5.41, 5.74) is -3.39. The largest absolute Gasteiger partial charge is 0.497 e. The molecule has 1 aromatic rings. The number of hydrogen-bond acceptors (Lipinski definition) is 4. The van der Waals surface area contributed by atoms with Gasteiger partial charge in [-0.2, -0.15) is 13.2 Å². The van der Waals surface area contributed by atoms with Gasteiger partial charge in [-0.25, -0.2) is 4.79 Å². The fraction of sp³-hybridized carbons (Fsp3) is 0.357. The molecule has 1 N–H and O–H groups in total. The number of benzene rings is 1. The van der Waals surface area contributed by atoms with Crippen molar-refractivity contribution in [1.82, 2.24) is 0 Å². The average molecular weight is 304 g/mol. The molecule has 1 atom stereocenters. The molecule has 7 heteroatoms. The second kappa shape index (κ2) is 6.17. The van der Waals surface area contributed by atoms with Gasteiger partial charge in [0.05, 0.1) is 14.2 Å². The third-order valence-corrected chi connectivity index (χ3v) is 2.94. The summed E-state index contributed by atoms with van der Waals surface area (Å²) in [7, 11) is 2.18. The van der Waals surface area contributed by atoms with E-state index in [1.54, 1.807) is 12.1 Å². The maximum atomic E-state index is 12.9. The predicted molar refractivity (Wildman–Crippen MR) is 69.7 cm³/mol. The molecule has 21 heavy (non-hydrogen) atoms. The lowest BCUT2D eigenvalue weighted by Crippen LogP contribution is -2.52. The maximum absolute atomic E-state index is 12.9. The quantitative estimate of drug-likeness (QED) is 0.850. The van der Waals surface area contributed by atoms with Crippen LogP contribution in [0.3, 0.4) is 0 Å². The van der Waals surface area contributed by atoms with Crippen LogP contribution in [0.5, 0.6) is 5.75 Å². The van der Waals surface area contributed by atoms with Crippen LogP contribution in [-0.2, 0) is 9.53 Å². The summed E-state index contributed by atoms with van der Waals surface area (Å²) in [6.07, 6.45) is -6.21. The summed E-state index contributed by atoms with van der Waals surface area (Å²) in [6.45, 7) is 3.49. The van der Waals surface area contributed by atoms with Gasteiger partial charge in [0, 0.05) is 6.42 Å². The minimum atomic E-state index is -5.18. The Morgan fingerprint density at radius 2 is 1.95 bits per heavy atom. The number of ether oxygens (including phenoxy) is 2. The zero-order chi connectivity index (χ0) is 16.3. The van der Waals surface area contributed by atoms with Crippen LogP contribution >= 0.6 is 0 Å². The highest BCUT2D eigenvalue weighted by Gasteiger charge is 2.60. The molecule has 1 aromatic carbocycles. The van der Waals surface area contributed by atoms with Crippen LogP contribution in [0.2, 0.25) is 0 Å². The SMILES string of the molecule is C=C(C[C@@](O)(C(=O)OC)C(F)(F)F)c1cccc(OC)c1. The van der Waals surface area contributed by atoms with Crippen LogP contribution in [0.1, 0.15) is 12.0 Å². The maximum Gasteiger partial charge on any atom is 0.428 e. The van der Waals surface area contributed by atoms with Gasteiger partial charge in [0.15, 0.2) is 0 Å². The highest BCUT2D eigenvalue weighted by atomic mass is 19.4. The number of esters is 1. The first kappa shape index (κ1) is 17.0. The Hall–Kier alpha value is -2.02. The standard InChI is InChI=1S/C14H15F3O4/c1-9(10-5-4-6-11(7-10)20-2)8-13(19,12(18)21-3)14(15,16)17/h4-7,19H,1,8H2,2-3H3/t13-/m1/s1. The van der Waals surface area contributed by atoms with E-state index in [0.717, 1.165) is 7.11 Å². The van der Waals surface area contributed by atoms with Crippen molar-refractivity contribution in [3.63, 3.8) is 0 Å². The van der Waals surface area contributed by atoms with E-state index < -0.39 is 24.2 Å². The van der Waals surface area contributed by atoms with E-state index in [1.807, 2.05) is 0 Å². The molecule has 0 saturated heterocycles. The number of carbonyl (C=O) groups excluding carboxylic acids is 1. The molecule has 0 heterocycles. The Labute approximate surface area is 119 Å². The molecule has 0 spiro atoms. The van der Waals surface area contributed by atoms with Gasteiger partial charge in [-0.05, 0) is 23.3 Å². The van der Waals surface area contributed by atoms with E-state index in [9.17, 15) is 23.1 Å². The van der Waals surface area contributed by atoms with Gasteiger partial charge >= 0.3 is 12.1 Å². The Morgan fingerprint density at radius 1 is 1.33 bits per heavy atom. The molecule has 0 saturated carbocycles. The normalized spacial score (nSPS) is 14.2. The Kier molecular flexibility index (Phi) is 5.01. The molecule has 0 aromatic heterocycles. The fourth-order valence-electron chi connectivity index (χ4n) is 1.71. The molecule has 1 rings (SSSR count). The van der Waals surface area contributed by atoms with Crippen molar-refractivity contribution in [3.8, 4) is 5.75 Å². The van der Waals surface area contributed by atoms with Crippen molar-refractivity contribution in [2.75, 3.05) is 14.2 Å². The van der Waals surface area contributed by atoms with Crippen LogP contribution < -0.4 is 4.74 Å². The third-order valence-electron chi connectivity index (χ3n) is 2.94. The van der Waals surface area contributed by atoms with Crippen molar-refractivity contribution in [1.29, 1.82) is 0 Å².